The van der Waals surface area contributed by atoms with E-state index in [0.29, 0.717) is 19.6 Å². The lowest BCUT2D eigenvalue weighted by atomic mass is 10.1. The number of hydrogen-bond donors (Lipinski definition) is 1. The van der Waals surface area contributed by atoms with Gasteiger partial charge in [0, 0.05) is 25.3 Å². The van der Waals surface area contributed by atoms with Crippen LogP contribution in [0.15, 0.2) is 77.2 Å². The molecular weight excluding hydrogens is 464 g/mol. The van der Waals surface area contributed by atoms with E-state index in [0.717, 1.165) is 43.3 Å². The number of anilines is 1. The summed E-state index contributed by atoms with van der Waals surface area (Å²) >= 11 is 0. The molecule has 1 N–H and O–H groups in total. The van der Waals surface area contributed by atoms with Gasteiger partial charge in [0.25, 0.3) is 0 Å². The maximum Gasteiger partial charge on any atom is 0.322 e. The number of benzene rings is 2. The van der Waals surface area contributed by atoms with Gasteiger partial charge >= 0.3 is 6.03 Å². The number of nitrogens with one attached hydrogen (secondary N) is 1. The Labute approximate surface area is 220 Å². The Morgan fingerprint density at radius 1 is 0.865 bits per heavy atom. The van der Waals surface area contributed by atoms with Crippen molar-refractivity contribution in [2.45, 2.75) is 39.2 Å². The molecule has 2 aromatic carbocycles. The number of para-hydroxylation sites is 1. The van der Waals surface area contributed by atoms with Gasteiger partial charge in [0.15, 0.2) is 0 Å². The molecule has 0 spiro atoms. The van der Waals surface area contributed by atoms with Gasteiger partial charge in [0.2, 0.25) is 5.91 Å². The van der Waals surface area contributed by atoms with Crippen LogP contribution in [-0.4, -0.2) is 65.9 Å². The van der Waals surface area contributed by atoms with Gasteiger partial charge in [0.1, 0.15) is 18.1 Å². The number of rotatable bonds is 11. The maximum absolute atomic E-state index is 13.6. The fourth-order valence-corrected chi connectivity index (χ4v) is 4.64. The molecule has 7 heteroatoms. The van der Waals surface area contributed by atoms with E-state index in [1.165, 1.54) is 24.8 Å². The molecule has 0 atom stereocenters. The van der Waals surface area contributed by atoms with Crippen molar-refractivity contribution in [3.05, 3.63) is 89.9 Å². The van der Waals surface area contributed by atoms with E-state index in [1.54, 1.807) is 9.80 Å². The van der Waals surface area contributed by atoms with Crippen molar-refractivity contribution in [3.8, 4) is 0 Å². The molecule has 1 aromatic heterocycles. The molecular formula is C30H38N4O3. The molecule has 1 saturated heterocycles. The Morgan fingerprint density at radius 3 is 2.24 bits per heavy atom. The van der Waals surface area contributed by atoms with Gasteiger partial charge in [-0.25, -0.2) is 4.79 Å². The lowest BCUT2D eigenvalue weighted by Gasteiger charge is -2.31. The number of piperidine rings is 1. The average Bonchev–Trinajstić information content (AvgIpc) is 3.35. The number of likely N-dealkylation sites (tertiary alicyclic amines) is 1. The van der Waals surface area contributed by atoms with Crippen molar-refractivity contribution in [2.75, 3.05) is 44.6 Å². The number of urea groups is 1. The molecule has 37 heavy (non-hydrogen) atoms. The summed E-state index contributed by atoms with van der Waals surface area (Å²) in [6, 6.07) is 23.1. The van der Waals surface area contributed by atoms with E-state index in [-0.39, 0.29) is 18.5 Å². The first-order chi connectivity index (χ1) is 18.1. The second-order valence-electron chi connectivity index (χ2n) is 9.68. The van der Waals surface area contributed by atoms with Gasteiger partial charge in [-0.15, -0.1) is 0 Å². The first-order valence-corrected chi connectivity index (χ1v) is 13.3. The fraction of sp³-hybridized carbons (Fsp3) is 0.400. The standard InChI is InChI=1S/C30H38N4O3/c1-25-15-16-28(37-25)23-33(20-17-26-11-5-2-6-12-26)29(35)24-34(22-21-32-18-9-4-10-19-32)30(36)31-27-13-7-3-8-14-27/h2-3,5-8,11-16H,4,9-10,17-24H2,1H3,(H,31,36). The number of amides is 3. The van der Waals surface area contributed by atoms with E-state index in [2.05, 4.69) is 22.3 Å². The third-order valence-electron chi connectivity index (χ3n) is 6.78. The Kier molecular flexibility index (Phi) is 9.77. The van der Waals surface area contributed by atoms with Crippen molar-refractivity contribution in [1.29, 1.82) is 0 Å². The third kappa shape index (κ3) is 8.50. The smallest absolute Gasteiger partial charge is 0.322 e. The molecule has 7 nitrogen and oxygen atoms in total. The molecule has 2 heterocycles. The van der Waals surface area contributed by atoms with Crippen LogP contribution < -0.4 is 5.32 Å². The zero-order valence-corrected chi connectivity index (χ0v) is 21.8. The fourth-order valence-electron chi connectivity index (χ4n) is 4.64. The number of nitrogens with zero attached hydrogens (tertiary/aromatic N) is 3. The summed E-state index contributed by atoms with van der Waals surface area (Å²) in [5.41, 5.74) is 1.88. The Morgan fingerprint density at radius 2 is 1.57 bits per heavy atom. The summed E-state index contributed by atoms with van der Waals surface area (Å²) in [7, 11) is 0. The molecule has 0 aliphatic carbocycles. The van der Waals surface area contributed by atoms with Gasteiger partial charge < -0.3 is 24.4 Å². The van der Waals surface area contributed by atoms with Gasteiger partial charge in [-0.3, -0.25) is 4.79 Å². The van der Waals surface area contributed by atoms with Crippen molar-refractivity contribution in [2.24, 2.45) is 0 Å². The van der Waals surface area contributed by atoms with Crippen LogP contribution in [0.1, 0.15) is 36.3 Å². The number of carbonyl (C=O) groups is 2. The minimum atomic E-state index is -0.256. The van der Waals surface area contributed by atoms with Crippen LogP contribution in [0.5, 0.6) is 0 Å². The van der Waals surface area contributed by atoms with Gasteiger partial charge in [-0.2, -0.15) is 0 Å². The highest BCUT2D eigenvalue weighted by Crippen LogP contribution is 2.14. The quantitative estimate of drug-likeness (QED) is 0.392. The summed E-state index contributed by atoms with van der Waals surface area (Å²) in [5.74, 6) is 1.47. The SMILES string of the molecule is Cc1ccc(CN(CCc2ccccc2)C(=O)CN(CCN2CCCCC2)C(=O)Nc2ccccc2)o1. The predicted molar refractivity (Wildman–Crippen MR) is 146 cm³/mol. The van der Waals surface area contributed by atoms with Crippen molar-refractivity contribution < 1.29 is 14.0 Å². The molecule has 4 rings (SSSR count). The molecule has 1 fully saturated rings. The van der Waals surface area contributed by atoms with Crippen molar-refractivity contribution in [1.82, 2.24) is 14.7 Å². The summed E-state index contributed by atoms with van der Waals surface area (Å²) in [6.45, 7) is 6.18. The van der Waals surface area contributed by atoms with Crippen LogP contribution >= 0.6 is 0 Å². The second kappa shape index (κ2) is 13.7. The second-order valence-corrected chi connectivity index (χ2v) is 9.68. The molecule has 0 bridgehead atoms. The molecule has 1 aliphatic rings. The minimum absolute atomic E-state index is 0.0149. The van der Waals surface area contributed by atoms with Crippen LogP contribution in [0.2, 0.25) is 0 Å². The highest BCUT2D eigenvalue weighted by Gasteiger charge is 2.23. The highest BCUT2D eigenvalue weighted by molar-refractivity contribution is 5.92. The van der Waals surface area contributed by atoms with E-state index in [1.807, 2.05) is 67.6 Å². The normalized spacial score (nSPS) is 13.8. The Balaban J connectivity index is 1.46. The molecule has 0 saturated carbocycles. The molecule has 0 radical (unpaired) electrons. The van der Waals surface area contributed by atoms with Crippen LogP contribution in [-0.2, 0) is 17.8 Å². The lowest BCUT2D eigenvalue weighted by Crippen LogP contribution is -2.47. The number of hydrogen-bond acceptors (Lipinski definition) is 4. The first-order valence-electron chi connectivity index (χ1n) is 13.3. The zero-order valence-electron chi connectivity index (χ0n) is 21.8. The summed E-state index contributed by atoms with van der Waals surface area (Å²) in [5, 5.41) is 2.96. The molecule has 3 amide bonds. The van der Waals surface area contributed by atoms with Gasteiger partial charge in [0.05, 0.1) is 6.54 Å². The zero-order chi connectivity index (χ0) is 25.9. The van der Waals surface area contributed by atoms with Crippen LogP contribution in [0.3, 0.4) is 0 Å². The number of furan rings is 1. The van der Waals surface area contributed by atoms with E-state index < -0.39 is 0 Å². The lowest BCUT2D eigenvalue weighted by molar-refractivity contribution is -0.132. The average molecular weight is 503 g/mol. The van der Waals surface area contributed by atoms with E-state index >= 15 is 0 Å². The summed E-state index contributed by atoms with van der Waals surface area (Å²) in [6.07, 6.45) is 4.36. The minimum Gasteiger partial charge on any atom is -0.464 e. The van der Waals surface area contributed by atoms with Gasteiger partial charge in [-0.05, 0) is 69.1 Å². The van der Waals surface area contributed by atoms with Crippen molar-refractivity contribution >= 4 is 17.6 Å². The van der Waals surface area contributed by atoms with Crippen molar-refractivity contribution in [3.63, 3.8) is 0 Å². The number of aryl methyl sites for hydroxylation is 1. The van der Waals surface area contributed by atoms with Crippen LogP contribution in [0.25, 0.3) is 0 Å². The number of carbonyl (C=O) groups excluding carboxylic acids is 2. The maximum atomic E-state index is 13.6. The monoisotopic (exact) mass is 502 g/mol. The molecule has 3 aromatic rings. The molecule has 196 valence electrons. The topological polar surface area (TPSA) is 69.0 Å². The van der Waals surface area contributed by atoms with Crippen LogP contribution in [0.4, 0.5) is 10.5 Å². The predicted octanol–water partition coefficient (Wildman–Crippen LogP) is 5.18. The summed E-state index contributed by atoms with van der Waals surface area (Å²) in [4.78, 5) is 32.8. The first kappa shape index (κ1) is 26.5. The Bertz CT molecular complexity index is 1110. The molecule has 0 unspecified atom stereocenters. The largest absolute Gasteiger partial charge is 0.464 e. The highest BCUT2D eigenvalue weighted by atomic mass is 16.3. The van der Waals surface area contributed by atoms with E-state index in [9.17, 15) is 9.59 Å². The summed E-state index contributed by atoms with van der Waals surface area (Å²) < 4.78 is 5.78. The van der Waals surface area contributed by atoms with E-state index in [4.69, 9.17) is 4.42 Å². The third-order valence-corrected chi connectivity index (χ3v) is 6.78. The van der Waals surface area contributed by atoms with Gasteiger partial charge in [-0.1, -0.05) is 55.0 Å². The molecule has 1 aliphatic heterocycles. The van der Waals surface area contributed by atoms with Crippen LogP contribution in [0, 0.1) is 6.92 Å². The Hall–Kier alpha value is -3.58.